The SMILES string of the molecule is CC.Cc1ccc(OCCN(C=N)C(=N)c2cccc(N)n2)c(C(=O)O)c1. The Morgan fingerprint density at radius 3 is 2.63 bits per heavy atom. The molecule has 0 radical (unpaired) electrons. The van der Waals surface area contributed by atoms with Gasteiger partial charge in [0, 0.05) is 0 Å². The van der Waals surface area contributed by atoms with Crippen LogP contribution in [0.25, 0.3) is 0 Å². The first-order valence-electron chi connectivity index (χ1n) is 8.48. The molecule has 0 unspecified atom stereocenters. The first-order chi connectivity index (χ1) is 12.9. The molecule has 1 aromatic heterocycles. The van der Waals surface area contributed by atoms with E-state index in [0.717, 1.165) is 11.9 Å². The lowest BCUT2D eigenvalue weighted by Gasteiger charge is -2.20. The van der Waals surface area contributed by atoms with E-state index in [1.165, 1.54) is 11.0 Å². The van der Waals surface area contributed by atoms with Crippen molar-refractivity contribution in [3.63, 3.8) is 0 Å². The number of hydrogen-bond acceptors (Lipinski definition) is 6. The van der Waals surface area contributed by atoms with Crippen LogP contribution in [0, 0.1) is 17.7 Å². The summed E-state index contributed by atoms with van der Waals surface area (Å²) in [5.41, 5.74) is 6.84. The highest BCUT2D eigenvalue weighted by Gasteiger charge is 2.14. The third-order valence-electron chi connectivity index (χ3n) is 3.41. The summed E-state index contributed by atoms with van der Waals surface area (Å²) in [5.74, 6) is -0.529. The van der Waals surface area contributed by atoms with Gasteiger partial charge in [0.25, 0.3) is 0 Å². The largest absolute Gasteiger partial charge is 0.491 e. The number of aromatic carboxylic acids is 1. The van der Waals surface area contributed by atoms with Gasteiger partial charge in [0.15, 0.2) is 5.84 Å². The van der Waals surface area contributed by atoms with E-state index in [9.17, 15) is 9.90 Å². The Bertz CT molecular complexity index is 808. The summed E-state index contributed by atoms with van der Waals surface area (Å²) in [6.07, 6.45) is 0.990. The van der Waals surface area contributed by atoms with Gasteiger partial charge in [-0.3, -0.25) is 10.8 Å². The van der Waals surface area contributed by atoms with Gasteiger partial charge in [-0.2, -0.15) is 0 Å². The van der Waals surface area contributed by atoms with E-state index < -0.39 is 5.97 Å². The van der Waals surface area contributed by atoms with Crippen LogP contribution in [-0.4, -0.2) is 46.3 Å². The number of ether oxygens (including phenoxy) is 1. The van der Waals surface area contributed by atoms with E-state index in [1.54, 1.807) is 37.3 Å². The van der Waals surface area contributed by atoms with Crippen molar-refractivity contribution < 1.29 is 14.6 Å². The maximum Gasteiger partial charge on any atom is 0.339 e. The average molecular weight is 371 g/mol. The standard InChI is InChI=1S/C17H19N5O3.C2H6/c1-11-5-6-14(12(9-11)17(23)24)25-8-7-22(10-18)16(20)13-3-2-4-15(19)21-13;1-2/h2-6,9-10,18,20H,7-8H2,1H3,(H2,19,21)(H,23,24);1-2H3. The molecule has 5 N–H and O–H groups in total. The maximum absolute atomic E-state index is 11.3. The summed E-state index contributed by atoms with van der Waals surface area (Å²) in [6, 6.07) is 9.80. The predicted molar refractivity (Wildman–Crippen MR) is 106 cm³/mol. The zero-order valence-corrected chi connectivity index (χ0v) is 15.7. The summed E-state index contributed by atoms with van der Waals surface area (Å²) in [4.78, 5) is 16.6. The average Bonchev–Trinajstić information content (AvgIpc) is 2.67. The number of nitrogen functional groups attached to an aromatic ring is 1. The summed E-state index contributed by atoms with van der Waals surface area (Å²) in [6.45, 7) is 6.09. The van der Waals surface area contributed by atoms with E-state index in [2.05, 4.69) is 4.98 Å². The number of aryl methyl sites for hydroxylation is 1. The van der Waals surface area contributed by atoms with Crippen LogP contribution < -0.4 is 10.5 Å². The number of nitrogens with zero attached hydrogens (tertiary/aromatic N) is 2. The number of hydrogen-bond donors (Lipinski definition) is 4. The molecule has 144 valence electrons. The van der Waals surface area contributed by atoms with Gasteiger partial charge in [-0.25, -0.2) is 9.78 Å². The lowest BCUT2D eigenvalue weighted by molar-refractivity contribution is 0.0692. The fourth-order valence-corrected chi connectivity index (χ4v) is 2.16. The van der Waals surface area contributed by atoms with E-state index in [-0.39, 0.29) is 36.1 Å². The monoisotopic (exact) mass is 371 g/mol. The molecule has 0 aliphatic heterocycles. The highest BCUT2D eigenvalue weighted by molar-refractivity contribution is 6.00. The third-order valence-corrected chi connectivity index (χ3v) is 3.41. The third kappa shape index (κ3) is 6.10. The first kappa shape index (κ1) is 21.6. The fourth-order valence-electron chi connectivity index (χ4n) is 2.16. The lowest BCUT2D eigenvalue weighted by atomic mass is 10.1. The summed E-state index contributed by atoms with van der Waals surface area (Å²) in [7, 11) is 0. The van der Waals surface area contributed by atoms with Crippen molar-refractivity contribution in [2.75, 3.05) is 18.9 Å². The molecular weight excluding hydrogens is 346 g/mol. The summed E-state index contributed by atoms with van der Waals surface area (Å²) < 4.78 is 5.53. The minimum atomic E-state index is -1.07. The minimum absolute atomic E-state index is 0.00765. The number of carboxylic acid groups (broad SMARTS) is 1. The van der Waals surface area contributed by atoms with Crippen molar-refractivity contribution in [1.82, 2.24) is 9.88 Å². The lowest BCUT2D eigenvalue weighted by Crippen LogP contribution is -2.34. The van der Waals surface area contributed by atoms with Gasteiger partial charge in [-0.15, -0.1) is 0 Å². The Hall–Kier alpha value is -3.42. The molecule has 0 amide bonds. The molecule has 8 heteroatoms. The van der Waals surface area contributed by atoms with Crippen LogP contribution >= 0.6 is 0 Å². The highest BCUT2D eigenvalue weighted by atomic mass is 16.5. The van der Waals surface area contributed by atoms with Crippen LogP contribution in [0.4, 0.5) is 5.82 Å². The molecular formula is C19H25N5O3. The van der Waals surface area contributed by atoms with Crippen LogP contribution in [0.15, 0.2) is 36.4 Å². The number of pyridine rings is 1. The van der Waals surface area contributed by atoms with Gasteiger partial charge < -0.3 is 20.5 Å². The van der Waals surface area contributed by atoms with Gasteiger partial charge in [-0.05, 0) is 31.2 Å². The van der Waals surface area contributed by atoms with Crippen molar-refractivity contribution in [2.24, 2.45) is 0 Å². The molecule has 2 aromatic rings. The fraction of sp³-hybridized carbons (Fsp3) is 0.263. The predicted octanol–water partition coefficient (Wildman–Crippen LogP) is 3.01. The van der Waals surface area contributed by atoms with E-state index >= 15 is 0 Å². The number of nitrogens with two attached hydrogens (primary N) is 1. The number of aromatic nitrogens is 1. The van der Waals surface area contributed by atoms with Crippen LogP contribution in [-0.2, 0) is 0 Å². The van der Waals surface area contributed by atoms with Gasteiger partial charge in [0.05, 0.1) is 12.9 Å². The van der Waals surface area contributed by atoms with Gasteiger partial charge >= 0.3 is 5.97 Å². The molecule has 1 aromatic carbocycles. The number of rotatable bonds is 7. The van der Waals surface area contributed by atoms with Crippen molar-refractivity contribution in [1.29, 1.82) is 10.8 Å². The molecule has 0 atom stereocenters. The number of benzene rings is 1. The Balaban J connectivity index is 0.00000176. The van der Waals surface area contributed by atoms with E-state index in [1.807, 2.05) is 13.8 Å². The molecule has 0 spiro atoms. The molecule has 0 saturated heterocycles. The minimum Gasteiger partial charge on any atom is -0.491 e. The second-order valence-corrected chi connectivity index (χ2v) is 5.27. The van der Waals surface area contributed by atoms with Gasteiger partial charge in [0.1, 0.15) is 29.4 Å². The number of anilines is 1. The maximum atomic E-state index is 11.3. The molecule has 0 saturated carbocycles. The number of nitrogens with one attached hydrogen (secondary N) is 2. The number of carbonyl (C=O) groups is 1. The molecule has 8 nitrogen and oxygen atoms in total. The van der Waals surface area contributed by atoms with Gasteiger partial charge in [-0.1, -0.05) is 31.5 Å². The molecule has 0 bridgehead atoms. The molecule has 0 aliphatic rings. The summed E-state index contributed by atoms with van der Waals surface area (Å²) in [5, 5.41) is 24.8. The van der Waals surface area contributed by atoms with Crippen LogP contribution in [0.1, 0.15) is 35.5 Å². The van der Waals surface area contributed by atoms with Crippen molar-refractivity contribution in [3.05, 3.63) is 53.2 Å². The van der Waals surface area contributed by atoms with Crippen molar-refractivity contribution >= 4 is 24.0 Å². The second kappa shape index (κ2) is 10.5. The zero-order valence-electron chi connectivity index (χ0n) is 15.7. The van der Waals surface area contributed by atoms with Crippen molar-refractivity contribution in [3.8, 4) is 5.75 Å². The van der Waals surface area contributed by atoms with E-state index in [4.69, 9.17) is 21.3 Å². The topological polar surface area (TPSA) is 136 Å². The van der Waals surface area contributed by atoms with Crippen LogP contribution in [0.5, 0.6) is 5.75 Å². The Morgan fingerprint density at radius 1 is 1.33 bits per heavy atom. The molecule has 27 heavy (non-hydrogen) atoms. The molecule has 2 rings (SSSR count). The summed E-state index contributed by atoms with van der Waals surface area (Å²) >= 11 is 0. The number of carboxylic acids is 1. The zero-order chi connectivity index (χ0) is 20.4. The number of amidine groups is 1. The first-order valence-corrected chi connectivity index (χ1v) is 8.48. The Kier molecular flexibility index (Phi) is 8.44. The Labute approximate surface area is 158 Å². The molecule has 0 aliphatic carbocycles. The Morgan fingerprint density at radius 2 is 2.04 bits per heavy atom. The van der Waals surface area contributed by atoms with Gasteiger partial charge in [0.2, 0.25) is 0 Å². The van der Waals surface area contributed by atoms with Crippen LogP contribution in [0.2, 0.25) is 0 Å². The van der Waals surface area contributed by atoms with Crippen LogP contribution in [0.3, 0.4) is 0 Å². The van der Waals surface area contributed by atoms with Crippen molar-refractivity contribution in [2.45, 2.75) is 20.8 Å². The second-order valence-electron chi connectivity index (χ2n) is 5.27. The van der Waals surface area contributed by atoms with E-state index in [0.29, 0.717) is 5.69 Å². The molecule has 0 fully saturated rings. The highest BCUT2D eigenvalue weighted by Crippen LogP contribution is 2.20. The smallest absolute Gasteiger partial charge is 0.339 e. The quantitative estimate of drug-likeness (QED) is 0.436. The normalized spacial score (nSPS) is 9.59. The molecule has 1 heterocycles.